The number of aromatic nitrogens is 2. The molecule has 0 atom stereocenters. The van der Waals surface area contributed by atoms with Crippen LogP contribution in [0.1, 0.15) is 16.7 Å². The van der Waals surface area contributed by atoms with Gasteiger partial charge in [-0.1, -0.05) is 23.7 Å². The van der Waals surface area contributed by atoms with E-state index in [0.29, 0.717) is 35.7 Å². The second-order valence-corrected chi connectivity index (χ2v) is 6.49. The lowest BCUT2D eigenvalue weighted by molar-refractivity contribution is -0.137. The molecule has 4 nitrogen and oxygen atoms in total. The number of nitrogens with one attached hydrogen (secondary N) is 1. The van der Waals surface area contributed by atoms with Crippen molar-refractivity contribution < 1.29 is 13.2 Å². The van der Waals surface area contributed by atoms with Crippen molar-refractivity contribution in [2.75, 3.05) is 11.9 Å². The fourth-order valence-electron chi connectivity index (χ4n) is 3.20. The highest BCUT2D eigenvalue weighted by molar-refractivity contribution is 6.33. The summed E-state index contributed by atoms with van der Waals surface area (Å²) in [5.74, 6) is 0.668. The number of halogens is 4. The van der Waals surface area contributed by atoms with Crippen LogP contribution >= 0.6 is 11.6 Å². The Kier molecular flexibility index (Phi) is 4.08. The average Bonchev–Trinajstić information content (AvgIpc) is 3.24. The number of rotatable bonds is 2. The number of nitriles is 1. The van der Waals surface area contributed by atoms with Gasteiger partial charge in [0.05, 0.1) is 27.5 Å². The highest BCUT2D eigenvalue weighted by Gasteiger charge is 2.32. The topological polar surface area (TPSA) is 53.6 Å². The first-order valence-electron chi connectivity index (χ1n) is 8.12. The molecule has 0 aliphatic carbocycles. The quantitative estimate of drug-likeness (QED) is 0.668. The lowest BCUT2D eigenvalue weighted by atomic mass is 10.0. The summed E-state index contributed by atoms with van der Waals surface area (Å²) in [7, 11) is 0. The van der Waals surface area contributed by atoms with Crippen molar-refractivity contribution in [3.63, 3.8) is 0 Å². The number of benzene rings is 2. The summed E-state index contributed by atoms with van der Waals surface area (Å²) in [5, 5.41) is 17.3. The summed E-state index contributed by atoms with van der Waals surface area (Å²) in [4.78, 5) is 0. The molecule has 0 radical (unpaired) electrons. The Hall–Kier alpha value is -2.98. The van der Waals surface area contributed by atoms with Crippen LogP contribution in [0.15, 0.2) is 42.5 Å². The van der Waals surface area contributed by atoms with Gasteiger partial charge in [0.2, 0.25) is 0 Å². The van der Waals surface area contributed by atoms with Gasteiger partial charge in [0.25, 0.3) is 0 Å². The molecule has 8 heteroatoms. The van der Waals surface area contributed by atoms with Crippen LogP contribution in [0.2, 0.25) is 5.02 Å². The monoisotopic (exact) mass is 388 g/mol. The van der Waals surface area contributed by atoms with E-state index in [9.17, 15) is 18.4 Å². The van der Waals surface area contributed by atoms with Gasteiger partial charge in [0.15, 0.2) is 0 Å². The maximum atomic E-state index is 13.1. The first kappa shape index (κ1) is 17.4. The van der Waals surface area contributed by atoms with Crippen LogP contribution in [-0.4, -0.2) is 16.3 Å². The third kappa shape index (κ3) is 2.92. The molecule has 1 aliphatic rings. The van der Waals surface area contributed by atoms with Gasteiger partial charge in [-0.25, -0.2) is 4.68 Å². The normalized spacial score (nSPS) is 13.1. The summed E-state index contributed by atoms with van der Waals surface area (Å²) in [6.45, 7) is 0.630. The van der Waals surface area contributed by atoms with E-state index >= 15 is 0 Å². The Labute approximate surface area is 157 Å². The van der Waals surface area contributed by atoms with Crippen molar-refractivity contribution >= 4 is 17.4 Å². The van der Waals surface area contributed by atoms with E-state index < -0.39 is 11.7 Å². The largest absolute Gasteiger partial charge is 0.416 e. The number of hydrogen-bond donors (Lipinski definition) is 1. The van der Waals surface area contributed by atoms with Crippen LogP contribution in [0.25, 0.3) is 16.9 Å². The van der Waals surface area contributed by atoms with Gasteiger partial charge >= 0.3 is 6.18 Å². The molecule has 0 saturated carbocycles. The van der Waals surface area contributed by atoms with E-state index in [1.165, 1.54) is 6.07 Å². The minimum Gasteiger partial charge on any atom is -0.369 e. The molecule has 1 aromatic heterocycles. The lowest BCUT2D eigenvalue weighted by Gasteiger charge is -2.10. The van der Waals surface area contributed by atoms with Crippen LogP contribution in [-0.2, 0) is 12.6 Å². The molecule has 4 rings (SSSR count). The second kappa shape index (κ2) is 6.32. The summed E-state index contributed by atoms with van der Waals surface area (Å²) in [6.07, 6.45) is -3.87. The number of hydrogen-bond acceptors (Lipinski definition) is 3. The summed E-state index contributed by atoms with van der Waals surface area (Å²) in [6, 6.07) is 12.2. The number of alkyl halides is 3. The Bertz CT molecular complexity index is 1080. The zero-order chi connectivity index (χ0) is 19.2. The molecule has 2 heterocycles. The minimum atomic E-state index is -4.48. The maximum Gasteiger partial charge on any atom is 0.416 e. The van der Waals surface area contributed by atoms with E-state index in [2.05, 4.69) is 16.5 Å². The minimum absolute atomic E-state index is 0.191. The SMILES string of the molecule is N#Cc1ccccc1-n1nc(-c2cc(C(F)(F)F)ccc2Cl)c2c1NCC2. The van der Waals surface area contributed by atoms with Crippen molar-refractivity contribution in [1.29, 1.82) is 5.26 Å². The van der Waals surface area contributed by atoms with Gasteiger partial charge < -0.3 is 5.32 Å². The highest BCUT2D eigenvalue weighted by Crippen LogP contribution is 2.40. The second-order valence-electron chi connectivity index (χ2n) is 6.09. The Morgan fingerprint density at radius 1 is 1.19 bits per heavy atom. The number of anilines is 1. The maximum absolute atomic E-state index is 13.1. The standard InChI is InChI=1S/C19H12ClF3N4/c20-15-6-5-12(19(21,22)23)9-14(15)17-13-7-8-25-18(13)27(26-17)16-4-2-1-3-11(16)10-24/h1-6,9,25H,7-8H2. The molecular formula is C19H12ClF3N4. The number of para-hydroxylation sites is 1. The number of fused-ring (bicyclic) bond motifs is 1. The van der Waals surface area contributed by atoms with E-state index in [0.717, 1.165) is 17.7 Å². The molecule has 0 saturated heterocycles. The van der Waals surface area contributed by atoms with Gasteiger partial charge in [0, 0.05) is 17.7 Å². The highest BCUT2D eigenvalue weighted by atomic mass is 35.5. The predicted molar refractivity (Wildman–Crippen MR) is 95.9 cm³/mol. The zero-order valence-electron chi connectivity index (χ0n) is 13.8. The summed E-state index contributed by atoms with van der Waals surface area (Å²) in [5.41, 5.74) is 1.58. The van der Waals surface area contributed by atoms with Crippen molar-refractivity contribution in [1.82, 2.24) is 9.78 Å². The van der Waals surface area contributed by atoms with Crippen molar-refractivity contribution in [3.8, 4) is 23.0 Å². The van der Waals surface area contributed by atoms with Gasteiger partial charge in [0.1, 0.15) is 11.9 Å². The van der Waals surface area contributed by atoms with E-state index in [4.69, 9.17) is 11.6 Å². The molecule has 0 bridgehead atoms. The van der Waals surface area contributed by atoms with Crippen molar-refractivity contribution in [2.45, 2.75) is 12.6 Å². The van der Waals surface area contributed by atoms with Crippen molar-refractivity contribution in [3.05, 3.63) is 64.2 Å². The summed E-state index contributed by atoms with van der Waals surface area (Å²) < 4.78 is 41.0. The third-order valence-electron chi connectivity index (χ3n) is 4.45. The summed E-state index contributed by atoms with van der Waals surface area (Å²) >= 11 is 6.21. The molecule has 2 aromatic carbocycles. The molecule has 0 amide bonds. The number of nitrogens with zero attached hydrogens (tertiary/aromatic N) is 3. The van der Waals surface area contributed by atoms with Gasteiger partial charge in [-0.15, -0.1) is 0 Å². The fraction of sp³-hybridized carbons (Fsp3) is 0.158. The van der Waals surface area contributed by atoms with Crippen LogP contribution in [0, 0.1) is 11.3 Å². The van der Waals surface area contributed by atoms with Gasteiger partial charge in [-0.3, -0.25) is 0 Å². The molecule has 3 aromatic rings. The zero-order valence-corrected chi connectivity index (χ0v) is 14.6. The van der Waals surface area contributed by atoms with E-state index in [-0.39, 0.29) is 10.6 Å². The van der Waals surface area contributed by atoms with Crippen LogP contribution in [0.3, 0.4) is 0 Å². The average molecular weight is 389 g/mol. The fourth-order valence-corrected chi connectivity index (χ4v) is 3.41. The molecule has 0 spiro atoms. The third-order valence-corrected chi connectivity index (χ3v) is 4.78. The van der Waals surface area contributed by atoms with Crippen molar-refractivity contribution in [2.24, 2.45) is 0 Å². The van der Waals surface area contributed by atoms with Crippen LogP contribution in [0.5, 0.6) is 0 Å². The molecular weight excluding hydrogens is 377 g/mol. The van der Waals surface area contributed by atoms with E-state index in [1.54, 1.807) is 28.9 Å². The van der Waals surface area contributed by atoms with Crippen LogP contribution < -0.4 is 5.32 Å². The Morgan fingerprint density at radius 2 is 1.96 bits per heavy atom. The van der Waals surface area contributed by atoms with Gasteiger partial charge in [-0.05, 0) is 36.8 Å². The smallest absolute Gasteiger partial charge is 0.369 e. The first-order valence-corrected chi connectivity index (χ1v) is 8.50. The Balaban J connectivity index is 1.94. The molecule has 0 fully saturated rings. The van der Waals surface area contributed by atoms with Gasteiger partial charge in [-0.2, -0.15) is 23.5 Å². The molecule has 1 N–H and O–H groups in total. The Morgan fingerprint density at radius 3 is 2.70 bits per heavy atom. The van der Waals surface area contributed by atoms with E-state index in [1.807, 2.05) is 0 Å². The first-order chi connectivity index (χ1) is 12.9. The lowest BCUT2D eigenvalue weighted by Crippen LogP contribution is -2.06. The predicted octanol–water partition coefficient (Wildman–Crippen LogP) is 5.05. The molecule has 136 valence electrons. The molecule has 0 unspecified atom stereocenters. The molecule has 1 aliphatic heterocycles. The molecule has 27 heavy (non-hydrogen) atoms. The van der Waals surface area contributed by atoms with Crippen LogP contribution in [0.4, 0.5) is 19.0 Å².